The molecule has 33 heavy (non-hydrogen) atoms. The summed E-state index contributed by atoms with van der Waals surface area (Å²) >= 11 is 0. The molecule has 1 aromatic heterocycles. The second-order valence-corrected chi connectivity index (χ2v) is 9.43. The van der Waals surface area contributed by atoms with Gasteiger partial charge in [-0.1, -0.05) is 36.4 Å². The Morgan fingerprint density at radius 1 is 1.00 bits per heavy atom. The van der Waals surface area contributed by atoms with Gasteiger partial charge in [0.1, 0.15) is 12.7 Å². The normalized spacial score (nSPS) is 12.2. The lowest BCUT2D eigenvalue weighted by Crippen LogP contribution is -2.28. The van der Waals surface area contributed by atoms with Gasteiger partial charge in [-0.15, -0.1) is 0 Å². The molecule has 0 radical (unpaired) electrons. The maximum absolute atomic E-state index is 13.1. The maximum atomic E-state index is 13.1. The summed E-state index contributed by atoms with van der Waals surface area (Å²) in [6.45, 7) is 1.87. The first-order chi connectivity index (χ1) is 15.9. The number of carbonyl (C=O) groups excluding carboxylic acids is 1. The van der Waals surface area contributed by atoms with E-state index in [9.17, 15) is 13.2 Å². The van der Waals surface area contributed by atoms with E-state index in [1.54, 1.807) is 47.4 Å². The van der Waals surface area contributed by atoms with E-state index < -0.39 is 10.0 Å². The van der Waals surface area contributed by atoms with E-state index in [0.29, 0.717) is 5.69 Å². The van der Waals surface area contributed by atoms with Crippen molar-refractivity contribution in [3.63, 3.8) is 0 Å². The summed E-state index contributed by atoms with van der Waals surface area (Å²) in [5.74, 6) is -0.359. The molecule has 8 nitrogen and oxygen atoms in total. The van der Waals surface area contributed by atoms with Crippen LogP contribution in [0.15, 0.2) is 96.4 Å². The van der Waals surface area contributed by atoms with Crippen LogP contribution in [-0.4, -0.2) is 36.1 Å². The number of hydrogen-bond donors (Lipinski definition) is 1. The van der Waals surface area contributed by atoms with Crippen molar-refractivity contribution in [1.82, 2.24) is 20.1 Å². The lowest BCUT2D eigenvalue weighted by Gasteiger charge is -2.20. The molecule has 0 saturated heterocycles. The van der Waals surface area contributed by atoms with Gasteiger partial charge in [-0.25, -0.2) is 18.1 Å². The molecule has 1 atom stereocenters. The van der Waals surface area contributed by atoms with Crippen molar-refractivity contribution in [1.29, 1.82) is 0 Å². The fourth-order valence-corrected chi connectivity index (χ4v) is 4.60. The van der Waals surface area contributed by atoms with Crippen molar-refractivity contribution >= 4 is 21.6 Å². The van der Waals surface area contributed by atoms with Crippen molar-refractivity contribution in [3.8, 4) is 5.69 Å². The van der Waals surface area contributed by atoms with E-state index >= 15 is 0 Å². The number of carbonyl (C=O) groups is 1. The van der Waals surface area contributed by atoms with Crippen LogP contribution in [0.5, 0.6) is 0 Å². The lowest BCUT2D eigenvalue weighted by molar-refractivity contribution is 0.0939. The first-order valence-electron chi connectivity index (χ1n) is 10.3. The summed E-state index contributed by atoms with van der Waals surface area (Å²) in [5.41, 5.74) is 2.56. The Hall–Kier alpha value is -3.98. The number of rotatable bonds is 7. The number of nitrogens with zero attached hydrogens (tertiary/aromatic N) is 4. The summed E-state index contributed by atoms with van der Waals surface area (Å²) in [7, 11) is -2.33. The van der Waals surface area contributed by atoms with Crippen LogP contribution in [-0.2, 0) is 10.0 Å². The minimum atomic E-state index is -3.82. The van der Waals surface area contributed by atoms with Crippen molar-refractivity contribution in [2.24, 2.45) is 0 Å². The van der Waals surface area contributed by atoms with Gasteiger partial charge >= 0.3 is 0 Å². The zero-order valence-electron chi connectivity index (χ0n) is 18.2. The van der Waals surface area contributed by atoms with Gasteiger partial charge in [-0.05, 0) is 55.0 Å². The summed E-state index contributed by atoms with van der Waals surface area (Å²) in [5, 5.41) is 7.02. The monoisotopic (exact) mass is 461 g/mol. The van der Waals surface area contributed by atoms with E-state index in [-0.39, 0.29) is 22.4 Å². The van der Waals surface area contributed by atoms with Gasteiger partial charge in [-0.2, -0.15) is 5.10 Å². The predicted molar refractivity (Wildman–Crippen MR) is 126 cm³/mol. The standard InChI is InChI=1S/C24H23N5O3S/c1-18(19-11-13-22(14-12-19)29-17-25-16-26-29)27-24(30)20-7-6-10-23(15-20)33(31,32)28(2)21-8-4-3-5-9-21/h3-18H,1-2H3,(H,27,30)/t18-/m0/s1. The zero-order valence-corrected chi connectivity index (χ0v) is 19.0. The summed E-state index contributed by atoms with van der Waals surface area (Å²) in [4.78, 5) is 16.8. The Balaban J connectivity index is 1.49. The third-order valence-corrected chi connectivity index (χ3v) is 7.08. The predicted octanol–water partition coefficient (Wildman–Crippen LogP) is 3.58. The Labute approximate surface area is 192 Å². The molecule has 0 aliphatic rings. The number of nitrogens with one attached hydrogen (secondary N) is 1. The van der Waals surface area contributed by atoms with Crippen molar-refractivity contribution in [2.75, 3.05) is 11.4 Å². The number of sulfonamides is 1. The average Bonchev–Trinajstić information content (AvgIpc) is 3.39. The molecule has 1 N–H and O–H groups in total. The van der Waals surface area contributed by atoms with Gasteiger partial charge in [0.2, 0.25) is 0 Å². The maximum Gasteiger partial charge on any atom is 0.264 e. The van der Waals surface area contributed by atoms with Crippen LogP contribution in [0, 0.1) is 0 Å². The van der Waals surface area contributed by atoms with E-state index in [1.165, 1.54) is 29.8 Å². The van der Waals surface area contributed by atoms with Gasteiger partial charge in [0, 0.05) is 12.6 Å². The molecule has 0 unspecified atom stereocenters. The van der Waals surface area contributed by atoms with Crippen LogP contribution in [0.25, 0.3) is 5.69 Å². The van der Waals surface area contributed by atoms with Gasteiger partial charge in [0.25, 0.3) is 15.9 Å². The van der Waals surface area contributed by atoms with Crippen molar-refractivity contribution < 1.29 is 13.2 Å². The highest BCUT2D eigenvalue weighted by molar-refractivity contribution is 7.92. The van der Waals surface area contributed by atoms with Crippen LogP contribution in [0.2, 0.25) is 0 Å². The highest BCUT2D eigenvalue weighted by atomic mass is 32.2. The van der Waals surface area contributed by atoms with Gasteiger partial charge in [0.05, 0.1) is 22.3 Å². The van der Waals surface area contributed by atoms with Crippen LogP contribution in [0.1, 0.15) is 28.9 Å². The fourth-order valence-electron chi connectivity index (χ4n) is 3.35. The van der Waals surface area contributed by atoms with Crippen LogP contribution < -0.4 is 9.62 Å². The summed E-state index contributed by atoms with van der Waals surface area (Å²) in [6.07, 6.45) is 3.07. The molecule has 168 valence electrons. The molecule has 0 spiro atoms. The summed E-state index contributed by atoms with van der Waals surface area (Å²) in [6, 6.07) is 22.1. The molecule has 0 saturated carbocycles. The molecule has 0 aliphatic heterocycles. The second-order valence-electron chi connectivity index (χ2n) is 7.46. The molecule has 9 heteroatoms. The first-order valence-corrected chi connectivity index (χ1v) is 11.7. The molecule has 0 bridgehead atoms. The molecular formula is C24H23N5O3S. The van der Waals surface area contributed by atoms with Gasteiger partial charge in [-0.3, -0.25) is 9.10 Å². The minimum Gasteiger partial charge on any atom is -0.346 e. The molecule has 4 aromatic rings. The number of amides is 1. The molecular weight excluding hydrogens is 438 g/mol. The average molecular weight is 462 g/mol. The Morgan fingerprint density at radius 2 is 1.73 bits per heavy atom. The Bertz CT molecular complexity index is 1340. The van der Waals surface area contributed by atoms with E-state index in [1.807, 2.05) is 37.3 Å². The van der Waals surface area contributed by atoms with Crippen molar-refractivity contribution in [2.45, 2.75) is 17.9 Å². The van der Waals surface area contributed by atoms with Gasteiger partial charge < -0.3 is 5.32 Å². The molecule has 0 aliphatic carbocycles. The number of anilines is 1. The van der Waals surface area contributed by atoms with E-state index in [4.69, 9.17) is 0 Å². The molecule has 1 heterocycles. The quantitative estimate of drug-likeness (QED) is 0.454. The van der Waals surface area contributed by atoms with Crippen LogP contribution >= 0.6 is 0 Å². The zero-order chi connectivity index (χ0) is 23.4. The SMILES string of the molecule is C[C@H](NC(=O)c1cccc(S(=O)(=O)N(C)c2ccccc2)c1)c1ccc(-n2cncn2)cc1. The highest BCUT2D eigenvalue weighted by Crippen LogP contribution is 2.23. The van der Waals surface area contributed by atoms with Gasteiger partial charge in [0.15, 0.2) is 0 Å². The molecule has 0 fully saturated rings. The number of aromatic nitrogens is 3. The van der Waals surface area contributed by atoms with Crippen LogP contribution in [0.4, 0.5) is 5.69 Å². The smallest absolute Gasteiger partial charge is 0.264 e. The third-order valence-electron chi connectivity index (χ3n) is 5.30. The first kappa shape index (κ1) is 22.2. The van der Waals surface area contributed by atoms with Crippen LogP contribution in [0.3, 0.4) is 0 Å². The summed E-state index contributed by atoms with van der Waals surface area (Å²) < 4.78 is 29.0. The number of benzene rings is 3. The van der Waals surface area contributed by atoms with E-state index in [0.717, 1.165) is 11.3 Å². The lowest BCUT2D eigenvalue weighted by atomic mass is 10.1. The minimum absolute atomic E-state index is 0.0475. The second kappa shape index (κ2) is 9.25. The Morgan fingerprint density at radius 3 is 2.39 bits per heavy atom. The third kappa shape index (κ3) is 4.78. The molecule has 1 amide bonds. The molecule has 4 rings (SSSR count). The highest BCUT2D eigenvalue weighted by Gasteiger charge is 2.22. The molecule has 3 aromatic carbocycles. The largest absolute Gasteiger partial charge is 0.346 e. The fraction of sp³-hybridized carbons (Fsp3) is 0.125. The Kier molecular flexibility index (Phi) is 6.23. The topological polar surface area (TPSA) is 97.2 Å². The van der Waals surface area contributed by atoms with E-state index in [2.05, 4.69) is 15.4 Å². The van der Waals surface area contributed by atoms with Crippen molar-refractivity contribution in [3.05, 3.63) is 103 Å². The number of hydrogen-bond acceptors (Lipinski definition) is 5. The number of para-hydroxylation sites is 1.